The molecule has 0 N–H and O–H groups in total. The molecule has 2 spiro atoms. The highest BCUT2D eigenvalue weighted by Gasteiger charge is 2.58. The number of hydrogen-bond donors (Lipinski definition) is 0. The maximum Gasteiger partial charge on any atom is 0.169 e. The van der Waals surface area contributed by atoms with E-state index in [0.29, 0.717) is 13.2 Å². The minimum atomic E-state index is -0.341. The van der Waals surface area contributed by atoms with E-state index in [9.17, 15) is 0 Å². The van der Waals surface area contributed by atoms with Gasteiger partial charge < -0.3 is 23.7 Å². The first-order valence-corrected chi connectivity index (χ1v) is 9.57. The van der Waals surface area contributed by atoms with Gasteiger partial charge in [-0.25, -0.2) is 0 Å². The largest absolute Gasteiger partial charge is 0.370 e. The Morgan fingerprint density at radius 2 is 1.17 bits per heavy atom. The van der Waals surface area contributed by atoms with Gasteiger partial charge in [0.05, 0.1) is 13.2 Å². The molecule has 130 valence electrons. The predicted octanol–water partition coefficient (Wildman–Crippen LogP) is 2.91. The van der Waals surface area contributed by atoms with Crippen molar-refractivity contribution in [2.45, 2.75) is 100 Å². The Morgan fingerprint density at radius 1 is 0.565 bits per heavy atom. The summed E-state index contributed by atoms with van der Waals surface area (Å²) in [4.78, 5) is 0. The third kappa shape index (κ3) is 2.56. The quantitative estimate of drug-likeness (QED) is 0.742. The SMILES string of the molecule is C1CCC2(CC1)OCC([C@H]1OC[C@H]3OC4(CCCCC4)O[C@@H]13)O2. The van der Waals surface area contributed by atoms with Crippen molar-refractivity contribution in [3.8, 4) is 0 Å². The summed E-state index contributed by atoms with van der Waals surface area (Å²) >= 11 is 0. The Bertz CT molecular complexity index is 441. The lowest BCUT2D eigenvalue weighted by Crippen LogP contribution is -2.43. The van der Waals surface area contributed by atoms with E-state index in [2.05, 4.69) is 0 Å². The summed E-state index contributed by atoms with van der Waals surface area (Å²) < 4.78 is 31.2. The molecule has 2 saturated carbocycles. The zero-order valence-corrected chi connectivity index (χ0v) is 13.8. The normalized spacial score (nSPS) is 44.9. The van der Waals surface area contributed by atoms with Crippen molar-refractivity contribution in [2.75, 3.05) is 13.2 Å². The third-order valence-corrected chi connectivity index (χ3v) is 6.33. The van der Waals surface area contributed by atoms with Gasteiger partial charge in [-0.05, 0) is 25.7 Å². The summed E-state index contributed by atoms with van der Waals surface area (Å²) in [6.07, 6.45) is 11.5. The summed E-state index contributed by atoms with van der Waals surface area (Å²) in [6.45, 7) is 1.26. The Morgan fingerprint density at radius 3 is 1.91 bits per heavy atom. The summed E-state index contributed by atoms with van der Waals surface area (Å²) in [5.74, 6) is -0.677. The molecule has 0 aromatic rings. The number of ether oxygens (including phenoxy) is 5. The molecule has 5 heteroatoms. The van der Waals surface area contributed by atoms with Crippen LogP contribution in [0.1, 0.15) is 64.2 Å². The van der Waals surface area contributed by atoms with E-state index >= 15 is 0 Å². The third-order valence-electron chi connectivity index (χ3n) is 6.33. The zero-order valence-electron chi connectivity index (χ0n) is 13.8. The van der Waals surface area contributed by atoms with E-state index in [0.717, 1.165) is 25.7 Å². The van der Waals surface area contributed by atoms with Crippen molar-refractivity contribution in [1.82, 2.24) is 0 Å². The number of rotatable bonds is 1. The molecule has 23 heavy (non-hydrogen) atoms. The van der Waals surface area contributed by atoms with Gasteiger partial charge in [0, 0.05) is 25.7 Å². The molecular formula is C18H28O5. The van der Waals surface area contributed by atoms with Gasteiger partial charge in [-0.3, -0.25) is 0 Å². The minimum Gasteiger partial charge on any atom is -0.370 e. The van der Waals surface area contributed by atoms with Gasteiger partial charge in [0.2, 0.25) is 0 Å². The van der Waals surface area contributed by atoms with Crippen LogP contribution in [0.15, 0.2) is 0 Å². The van der Waals surface area contributed by atoms with Crippen LogP contribution in [0, 0.1) is 0 Å². The van der Waals surface area contributed by atoms with E-state index < -0.39 is 0 Å². The summed E-state index contributed by atoms with van der Waals surface area (Å²) in [6, 6.07) is 0. The standard InChI is InChI=1S/C18H28O5/c1-3-7-17(8-4-1)20-12-14(21-17)15-16-13(11-19-15)22-18(23-16)9-5-2-6-10-18/h13-16H,1-12H2/t13-,14?,15-,16-/m1/s1. The van der Waals surface area contributed by atoms with E-state index in [1.165, 1.54) is 38.5 Å². The molecule has 3 heterocycles. The molecule has 0 radical (unpaired) electrons. The first kappa shape index (κ1) is 15.1. The van der Waals surface area contributed by atoms with Crippen LogP contribution >= 0.6 is 0 Å². The van der Waals surface area contributed by atoms with Gasteiger partial charge in [-0.2, -0.15) is 0 Å². The fourth-order valence-corrected chi connectivity index (χ4v) is 5.14. The molecule has 5 aliphatic rings. The van der Waals surface area contributed by atoms with Gasteiger partial charge in [0.1, 0.15) is 24.4 Å². The fraction of sp³-hybridized carbons (Fsp3) is 1.00. The minimum absolute atomic E-state index is 0.00885. The van der Waals surface area contributed by atoms with Gasteiger partial charge >= 0.3 is 0 Å². The average molecular weight is 324 g/mol. The van der Waals surface area contributed by atoms with Crippen molar-refractivity contribution in [3.63, 3.8) is 0 Å². The van der Waals surface area contributed by atoms with Crippen LogP contribution in [0.3, 0.4) is 0 Å². The van der Waals surface area contributed by atoms with Crippen molar-refractivity contribution >= 4 is 0 Å². The van der Waals surface area contributed by atoms with Crippen molar-refractivity contribution in [2.24, 2.45) is 0 Å². The Hall–Kier alpha value is -0.200. The van der Waals surface area contributed by atoms with Gasteiger partial charge in [0.25, 0.3) is 0 Å². The molecule has 0 aromatic heterocycles. The lowest BCUT2D eigenvalue weighted by molar-refractivity contribution is -0.230. The molecule has 0 amide bonds. The fourth-order valence-electron chi connectivity index (χ4n) is 5.14. The number of fused-ring (bicyclic) bond motifs is 1. The van der Waals surface area contributed by atoms with Gasteiger partial charge in [0.15, 0.2) is 11.6 Å². The lowest BCUT2D eigenvalue weighted by atomic mass is 9.94. The zero-order chi connectivity index (χ0) is 15.3. The van der Waals surface area contributed by atoms with Crippen LogP contribution in [-0.4, -0.2) is 49.2 Å². The molecule has 5 rings (SSSR count). The molecule has 4 atom stereocenters. The van der Waals surface area contributed by atoms with Crippen LogP contribution in [0.25, 0.3) is 0 Å². The van der Waals surface area contributed by atoms with Crippen molar-refractivity contribution in [1.29, 1.82) is 0 Å². The molecule has 0 bridgehead atoms. The van der Waals surface area contributed by atoms with E-state index in [1.54, 1.807) is 0 Å². The highest BCUT2D eigenvalue weighted by Crippen LogP contribution is 2.46. The Balaban J connectivity index is 1.27. The van der Waals surface area contributed by atoms with Crippen LogP contribution in [0.4, 0.5) is 0 Å². The molecule has 5 fully saturated rings. The summed E-state index contributed by atoms with van der Waals surface area (Å²) in [7, 11) is 0. The van der Waals surface area contributed by atoms with E-state index in [-0.39, 0.29) is 36.0 Å². The van der Waals surface area contributed by atoms with Crippen molar-refractivity contribution < 1.29 is 23.7 Å². The molecule has 0 aromatic carbocycles. The summed E-state index contributed by atoms with van der Waals surface area (Å²) in [5, 5.41) is 0. The molecular weight excluding hydrogens is 296 g/mol. The van der Waals surface area contributed by atoms with Gasteiger partial charge in [-0.1, -0.05) is 12.8 Å². The number of hydrogen-bond acceptors (Lipinski definition) is 5. The highest BCUT2D eigenvalue weighted by molar-refractivity contribution is 5.00. The average Bonchev–Trinajstić information content (AvgIpc) is 3.23. The maximum atomic E-state index is 6.43. The monoisotopic (exact) mass is 324 g/mol. The second-order valence-corrected chi connectivity index (χ2v) is 7.95. The second-order valence-electron chi connectivity index (χ2n) is 7.95. The Kier molecular flexibility index (Phi) is 3.72. The summed E-state index contributed by atoms with van der Waals surface area (Å²) in [5.41, 5.74) is 0. The molecule has 2 aliphatic carbocycles. The molecule has 3 aliphatic heterocycles. The Labute approximate surface area is 137 Å². The highest BCUT2D eigenvalue weighted by atomic mass is 16.8. The second kappa shape index (κ2) is 5.67. The van der Waals surface area contributed by atoms with Crippen LogP contribution in [0.2, 0.25) is 0 Å². The van der Waals surface area contributed by atoms with Gasteiger partial charge in [-0.15, -0.1) is 0 Å². The predicted molar refractivity (Wildman–Crippen MR) is 81.9 cm³/mol. The molecule has 1 unspecified atom stereocenters. The maximum absolute atomic E-state index is 6.43. The lowest BCUT2D eigenvalue weighted by Gasteiger charge is -2.34. The smallest absolute Gasteiger partial charge is 0.169 e. The van der Waals surface area contributed by atoms with Crippen LogP contribution < -0.4 is 0 Å². The topological polar surface area (TPSA) is 46.2 Å². The van der Waals surface area contributed by atoms with Crippen LogP contribution in [-0.2, 0) is 23.7 Å². The van der Waals surface area contributed by atoms with Crippen molar-refractivity contribution in [3.05, 3.63) is 0 Å². The molecule has 5 nitrogen and oxygen atoms in total. The van der Waals surface area contributed by atoms with E-state index in [4.69, 9.17) is 23.7 Å². The first-order valence-electron chi connectivity index (χ1n) is 9.57. The van der Waals surface area contributed by atoms with E-state index in [1.807, 2.05) is 0 Å². The first-order chi connectivity index (χ1) is 11.3. The molecule has 3 saturated heterocycles. The van der Waals surface area contributed by atoms with Crippen LogP contribution in [0.5, 0.6) is 0 Å².